The van der Waals surface area contributed by atoms with Crippen molar-refractivity contribution in [3.05, 3.63) is 54.1 Å². The summed E-state index contributed by atoms with van der Waals surface area (Å²) in [5.41, 5.74) is 3.21. The summed E-state index contributed by atoms with van der Waals surface area (Å²) in [6, 6.07) is 16.1. The van der Waals surface area contributed by atoms with Crippen LogP contribution < -0.4 is 15.0 Å². The Morgan fingerprint density at radius 3 is 2.61 bits per heavy atom. The van der Waals surface area contributed by atoms with Crippen molar-refractivity contribution in [2.45, 2.75) is 18.9 Å². The first-order valence-corrected chi connectivity index (χ1v) is 9.93. The number of benzene rings is 2. The molecule has 0 aromatic heterocycles. The Balaban J connectivity index is 1.22. The van der Waals surface area contributed by atoms with E-state index in [-0.39, 0.29) is 12.5 Å². The topological polar surface area (TPSA) is 65.0 Å². The first-order chi connectivity index (χ1) is 13.7. The quantitative estimate of drug-likeness (QED) is 0.803. The first-order valence-electron chi connectivity index (χ1n) is 9.93. The largest absolute Gasteiger partial charge is 0.491 e. The van der Waals surface area contributed by atoms with Gasteiger partial charge in [-0.05, 0) is 42.3 Å². The Kier molecular flexibility index (Phi) is 5.78. The molecule has 1 amide bonds. The number of hydrogen-bond donors (Lipinski definition) is 2. The van der Waals surface area contributed by atoms with Crippen LogP contribution in [0.4, 0.5) is 11.4 Å². The third kappa shape index (κ3) is 4.64. The zero-order valence-corrected chi connectivity index (χ0v) is 16.0. The average Bonchev–Trinajstić information content (AvgIpc) is 2.73. The normalized spacial score (nSPS) is 18.3. The molecule has 6 heteroatoms. The highest BCUT2D eigenvalue weighted by atomic mass is 16.5. The van der Waals surface area contributed by atoms with Crippen LogP contribution in [-0.4, -0.2) is 61.3 Å². The fourth-order valence-electron chi connectivity index (χ4n) is 3.82. The molecule has 2 aliphatic heterocycles. The number of para-hydroxylation sites is 1. The first kappa shape index (κ1) is 18.8. The zero-order chi connectivity index (χ0) is 19.3. The van der Waals surface area contributed by atoms with Crippen LogP contribution in [0.5, 0.6) is 5.75 Å². The van der Waals surface area contributed by atoms with Gasteiger partial charge in [0, 0.05) is 50.5 Å². The number of nitrogens with zero attached hydrogens (tertiary/aromatic N) is 2. The van der Waals surface area contributed by atoms with Gasteiger partial charge in [0.25, 0.3) is 0 Å². The highest BCUT2D eigenvalue weighted by molar-refractivity contribution is 5.93. The third-order valence-electron chi connectivity index (χ3n) is 5.38. The van der Waals surface area contributed by atoms with Crippen molar-refractivity contribution in [1.29, 1.82) is 0 Å². The van der Waals surface area contributed by atoms with E-state index in [2.05, 4.69) is 39.4 Å². The van der Waals surface area contributed by atoms with Crippen LogP contribution in [0.3, 0.4) is 0 Å². The molecule has 1 fully saturated rings. The maximum Gasteiger partial charge on any atom is 0.224 e. The number of aryl methyl sites for hydroxylation is 1. The minimum atomic E-state index is -0.529. The molecule has 6 nitrogen and oxygen atoms in total. The smallest absolute Gasteiger partial charge is 0.224 e. The van der Waals surface area contributed by atoms with Crippen molar-refractivity contribution in [2.24, 2.45) is 0 Å². The van der Waals surface area contributed by atoms with E-state index in [1.165, 1.54) is 5.69 Å². The van der Waals surface area contributed by atoms with Gasteiger partial charge < -0.3 is 20.1 Å². The van der Waals surface area contributed by atoms with E-state index in [9.17, 15) is 9.90 Å². The molecule has 4 rings (SSSR count). The second kappa shape index (κ2) is 8.63. The molecule has 2 heterocycles. The lowest BCUT2D eigenvalue weighted by Crippen LogP contribution is -2.49. The summed E-state index contributed by atoms with van der Waals surface area (Å²) in [6.45, 7) is 4.69. The molecule has 2 N–H and O–H groups in total. The summed E-state index contributed by atoms with van der Waals surface area (Å²) < 4.78 is 5.79. The van der Waals surface area contributed by atoms with Crippen LogP contribution in [0.1, 0.15) is 12.0 Å². The van der Waals surface area contributed by atoms with Crippen molar-refractivity contribution in [3.63, 3.8) is 0 Å². The number of hydrogen-bond acceptors (Lipinski definition) is 5. The second-order valence-electron chi connectivity index (χ2n) is 7.46. The van der Waals surface area contributed by atoms with Gasteiger partial charge in [0.1, 0.15) is 18.5 Å². The van der Waals surface area contributed by atoms with Crippen LogP contribution in [0.2, 0.25) is 0 Å². The molecule has 1 unspecified atom stereocenters. The van der Waals surface area contributed by atoms with E-state index in [1.54, 1.807) is 0 Å². The van der Waals surface area contributed by atoms with Gasteiger partial charge in [0.2, 0.25) is 5.91 Å². The van der Waals surface area contributed by atoms with Crippen LogP contribution in [-0.2, 0) is 11.2 Å². The van der Waals surface area contributed by atoms with Crippen LogP contribution in [0, 0.1) is 0 Å². The number of aliphatic hydroxyl groups excluding tert-OH is 1. The average molecular weight is 381 g/mol. The molecule has 0 radical (unpaired) electrons. The molecular formula is C22H27N3O3. The monoisotopic (exact) mass is 381 g/mol. The van der Waals surface area contributed by atoms with Crippen molar-refractivity contribution in [1.82, 2.24) is 4.90 Å². The number of aliphatic hydroxyl groups is 1. The molecule has 28 heavy (non-hydrogen) atoms. The Bertz CT molecular complexity index is 804. The Morgan fingerprint density at radius 2 is 1.82 bits per heavy atom. The molecule has 0 aliphatic carbocycles. The van der Waals surface area contributed by atoms with E-state index >= 15 is 0 Å². The summed E-state index contributed by atoms with van der Waals surface area (Å²) >= 11 is 0. The predicted molar refractivity (Wildman–Crippen MR) is 110 cm³/mol. The number of nitrogens with one attached hydrogen (secondary N) is 1. The van der Waals surface area contributed by atoms with Crippen molar-refractivity contribution in [2.75, 3.05) is 49.5 Å². The summed E-state index contributed by atoms with van der Waals surface area (Å²) in [4.78, 5) is 16.1. The lowest BCUT2D eigenvalue weighted by Gasteiger charge is -2.36. The number of fused-ring (bicyclic) bond motifs is 1. The molecule has 0 saturated carbocycles. The standard InChI is InChI=1S/C22H27N3O3/c26-19(15-24-10-12-25(13-11-24)18-4-2-1-3-5-18)16-28-20-7-8-21-17(14-20)6-9-22(27)23-21/h1-5,7-8,14,19,26H,6,9-13,15-16H2,(H,23,27). The lowest BCUT2D eigenvalue weighted by molar-refractivity contribution is -0.116. The minimum absolute atomic E-state index is 0.0592. The Hall–Kier alpha value is -2.57. The molecule has 148 valence electrons. The van der Waals surface area contributed by atoms with Crippen molar-refractivity contribution >= 4 is 17.3 Å². The molecule has 0 spiro atoms. The van der Waals surface area contributed by atoms with Gasteiger partial charge in [0.15, 0.2) is 0 Å². The van der Waals surface area contributed by atoms with Gasteiger partial charge in [-0.2, -0.15) is 0 Å². The fourth-order valence-corrected chi connectivity index (χ4v) is 3.82. The SMILES string of the molecule is O=C1CCc2cc(OCC(O)CN3CCN(c4ccccc4)CC3)ccc2N1. The number of β-amino-alcohol motifs (C(OH)–C–C–N with tert-alkyl or cyclic N) is 1. The molecule has 2 aromatic carbocycles. The maximum atomic E-state index is 11.4. The van der Waals surface area contributed by atoms with Crippen LogP contribution in [0.15, 0.2) is 48.5 Å². The van der Waals surface area contributed by atoms with E-state index in [0.717, 1.165) is 49.6 Å². The molecular weight excluding hydrogens is 354 g/mol. The number of rotatable bonds is 6. The van der Waals surface area contributed by atoms with E-state index in [0.29, 0.717) is 13.0 Å². The van der Waals surface area contributed by atoms with Crippen molar-refractivity contribution < 1.29 is 14.6 Å². The number of carbonyl (C=O) groups excluding carboxylic acids is 1. The summed E-state index contributed by atoms with van der Waals surface area (Å²) in [6.07, 6.45) is 0.708. The van der Waals surface area contributed by atoms with Gasteiger partial charge in [-0.25, -0.2) is 0 Å². The predicted octanol–water partition coefficient (Wildman–Crippen LogP) is 2.13. The number of amides is 1. The number of carbonyl (C=O) groups is 1. The van der Waals surface area contributed by atoms with Gasteiger partial charge in [0.05, 0.1) is 0 Å². The summed E-state index contributed by atoms with van der Waals surface area (Å²) in [5, 5.41) is 13.2. The summed E-state index contributed by atoms with van der Waals surface area (Å²) in [7, 11) is 0. The number of piperazine rings is 1. The maximum absolute atomic E-state index is 11.4. The van der Waals surface area contributed by atoms with Gasteiger partial charge in [-0.15, -0.1) is 0 Å². The number of anilines is 2. The lowest BCUT2D eigenvalue weighted by atomic mass is 10.0. The molecule has 2 aromatic rings. The Labute approximate surface area is 165 Å². The van der Waals surface area contributed by atoms with Crippen molar-refractivity contribution in [3.8, 4) is 5.75 Å². The van der Waals surface area contributed by atoms with Gasteiger partial charge >= 0.3 is 0 Å². The molecule has 2 aliphatic rings. The molecule has 1 saturated heterocycles. The van der Waals surface area contributed by atoms with Crippen LogP contribution >= 0.6 is 0 Å². The highest BCUT2D eigenvalue weighted by Crippen LogP contribution is 2.26. The van der Waals surface area contributed by atoms with E-state index in [1.807, 2.05) is 24.3 Å². The zero-order valence-electron chi connectivity index (χ0n) is 16.0. The van der Waals surface area contributed by atoms with E-state index in [4.69, 9.17) is 4.74 Å². The van der Waals surface area contributed by atoms with Gasteiger partial charge in [-0.1, -0.05) is 18.2 Å². The highest BCUT2D eigenvalue weighted by Gasteiger charge is 2.20. The second-order valence-corrected chi connectivity index (χ2v) is 7.46. The third-order valence-corrected chi connectivity index (χ3v) is 5.38. The fraction of sp³-hybridized carbons (Fsp3) is 0.409. The number of ether oxygens (including phenoxy) is 1. The Morgan fingerprint density at radius 1 is 1.04 bits per heavy atom. The van der Waals surface area contributed by atoms with Gasteiger partial charge in [-0.3, -0.25) is 9.69 Å². The van der Waals surface area contributed by atoms with E-state index < -0.39 is 6.10 Å². The summed E-state index contributed by atoms with van der Waals surface area (Å²) in [5.74, 6) is 0.798. The molecule has 0 bridgehead atoms. The molecule has 1 atom stereocenters. The minimum Gasteiger partial charge on any atom is -0.491 e. The van der Waals surface area contributed by atoms with Crippen LogP contribution in [0.25, 0.3) is 0 Å².